The van der Waals surface area contributed by atoms with Crippen LogP contribution in [0.15, 0.2) is 22.7 Å². The molecular formula is C11H13BrN2O4. The first-order valence-corrected chi connectivity index (χ1v) is 5.89. The van der Waals surface area contributed by atoms with Crippen molar-refractivity contribution in [1.82, 2.24) is 5.32 Å². The number of carboxylic acid groups (broad SMARTS) is 1. The molecule has 5 N–H and O–H groups in total. The minimum atomic E-state index is -1.36. The molecule has 0 fully saturated rings. The number of nitrogens with two attached hydrogens (primary N) is 1. The number of benzene rings is 1. The average Bonchev–Trinajstić information content (AvgIpc) is 2.28. The molecule has 0 aromatic heterocycles. The topological polar surface area (TPSA) is 113 Å². The molecule has 0 aliphatic rings. The molecule has 2 unspecified atom stereocenters. The number of carbonyl (C=O) groups excluding carboxylic acids is 1. The number of carboxylic acids is 1. The van der Waals surface area contributed by atoms with Gasteiger partial charge in [-0.05, 0) is 41.1 Å². The van der Waals surface area contributed by atoms with E-state index in [9.17, 15) is 14.7 Å². The number of carbonyl (C=O) groups is 2. The summed E-state index contributed by atoms with van der Waals surface area (Å²) in [5.74, 6) is -1.91. The van der Waals surface area contributed by atoms with Gasteiger partial charge < -0.3 is 21.3 Å². The van der Waals surface area contributed by atoms with Crippen molar-refractivity contribution in [2.45, 2.75) is 19.1 Å². The maximum atomic E-state index is 11.8. The summed E-state index contributed by atoms with van der Waals surface area (Å²) in [6.07, 6.45) is -1.20. The van der Waals surface area contributed by atoms with Crippen LogP contribution in [0.5, 0.6) is 0 Å². The Balaban J connectivity index is 2.87. The lowest BCUT2D eigenvalue weighted by Gasteiger charge is -2.17. The number of nitrogens with one attached hydrogen (secondary N) is 1. The molecule has 0 saturated heterocycles. The highest BCUT2D eigenvalue weighted by atomic mass is 79.9. The Hall–Kier alpha value is -1.60. The predicted molar refractivity (Wildman–Crippen MR) is 69.1 cm³/mol. The summed E-state index contributed by atoms with van der Waals surface area (Å²) in [5.41, 5.74) is 6.21. The van der Waals surface area contributed by atoms with Gasteiger partial charge in [0.15, 0.2) is 6.04 Å². The SMILES string of the molecule is CC(O)C(NC(=O)c1ccc(Br)c(N)c1)C(=O)O. The van der Waals surface area contributed by atoms with Crippen LogP contribution in [0.1, 0.15) is 17.3 Å². The summed E-state index contributed by atoms with van der Waals surface area (Å²) >= 11 is 3.18. The van der Waals surface area contributed by atoms with Gasteiger partial charge in [-0.1, -0.05) is 0 Å². The first-order valence-electron chi connectivity index (χ1n) is 5.09. The Morgan fingerprint density at radius 1 is 1.44 bits per heavy atom. The maximum absolute atomic E-state index is 11.8. The lowest BCUT2D eigenvalue weighted by Crippen LogP contribution is -2.47. The van der Waals surface area contributed by atoms with Crippen molar-refractivity contribution in [2.75, 3.05) is 5.73 Å². The van der Waals surface area contributed by atoms with Gasteiger partial charge in [-0.15, -0.1) is 0 Å². The minimum absolute atomic E-state index is 0.225. The van der Waals surface area contributed by atoms with Crippen LogP contribution < -0.4 is 11.1 Å². The van der Waals surface area contributed by atoms with E-state index in [0.29, 0.717) is 10.2 Å². The third kappa shape index (κ3) is 3.44. The van der Waals surface area contributed by atoms with Crippen LogP contribution in [-0.2, 0) is 4.79 Å². The lowest BCUT2D eigenvalue weighted by atomic mass is 10.1. The van der Waals surface area contributed by atoms with Crippen molar-refractivity contribution in [3.63, 3.8) is 0 Å². The quantitative estimate of drug-likeness (QED) is 0.607. The number of amides is 1. The Morgan fingerprint density at radius 2 is 2.06 bits per heavy atom. The summed E-state index contributed by atoms with van der Waals surface area (Å²) in [6.45, 7) is 1.29. The van der Waals surface area contributed by atoms with Gasteiger partial charge in [0, 0.05) is 15.7 Å². The van der Waals surface area contributed by atoms with Crippen molar-refractivity contribution < 1.29 is 19.8 Å². The summed E-state index contributed by atoms with van der Waals surface area (Å²) in [5, 5.41) is 20.3. The van der Waals surface area contributed by atoms with Gasteiger partial charge in [0.05, 0.1) is 6.10 Å². The molecule has 1 rings (SSSR count). The summed E-state index contributed by atoms with van der Waals surface area (Å²) in [4.78, 5) is 22.6. The average molecular weight is 317 g/mol. The lowest BCUT2D eigenvalue weighted by molar-refractivity contribution is -0.141. The monoisotopic (exact) mass is 316 g/mol. The van der Waals surface area contributed by atoms with Gasteiger partial charge in [0.2, 0.25) is 0 Å². The van der Waals surface area contributed by atoms with Crippen LogP contribution in [0.3, 0.4) is 0 Å². The number of aliphatic hydroxyl groups excluding tert-OH is 1. The van der Waals surface area contributed by atoms with Gasteiger partial charge in [0.1, 0.15) is 0 Å². The fourth-order valence-electron chi connectivity index (χ4n) is 1.30. The van der Waals surface area contributed by atoms with Crippen molar-refractivity contribution in [3.8, 4) is 0 Å². The van der Waals surface area contributed by atoms with Crippen LogP contribution in [0.2, 0.25) is 0 Å². The second-order valence-electron chi connectivity index (χ2n) is 3.77. The van der Waals surface area contributed by atoms with E-state index < -0.39 is 24.0 Å². The maximum Gasteiger partial charge on any atom is 0.328 e. The molecule has 1 aromatic carbocycles. The zero-order valence-corrected chi connectivity index (χ0v) is 11.1. The molecule has 0 saturated carbocycles. The van der Waals surface area contributed by atoms with E-state index in [2.05, 4.69) is 21.2 Å². The largest absolute Gasteiger partial charge is 0.480 e. The molecule has 0 heterocycles. The van der Waals surface area contributed by atoms with E-state index in [1.807, 2.05) is 0 Å². The number of rotatable bonds is 4. The van der Waals surface area contributed by atoms with E-state index in [0.717, 1.165) is 0 Å². The molecule has 0 radical (unpaired) electrons. The van der Waals surface area contributed by atoms with Crippen LogP contribution in [0, 0.1) is 0 Å². The van der Waals surface area contributed by atoms with Crippen LogP contribution >= 0.6 is 15.9 Å². The van der Waals surface area contributed by atoms with Gasteiger partial charge in [-0.3, -0.25) is 4.79 Å². The van der Waals surface area contributed by atoms with E-state index >= 15 is 0 Å². The van der Waals surface area contributed by atoms with Gasteiger partial charge in [-0.2, -0.15) is 0 Å². The van der Waals surface area contributed by atoms with E-state index in [4.69, 9.17) is 10.8 Å². The second-order valence-corrected chi connectivity index (χ2v) is 4.62. The van der Waals surface area contributed by atoms with Gasteiger partial charge in [-0.25, -0.2) is 4.79 Å². The number of aliphatic carboxylic acids is 1. The third-order valence-electron chi connectivity index (χ3n) is 2.29. The molecule has 6 nitrogen and oxygen atoms in total. The number of halogens is 1. The minimum Gasteiger partial charge on any atom is -0.480 e. The number of hydrogen-bond acceptors (Lipinski definition) is 4. The van der Waals surface area contributed by atoms with Crippen molar-refractivity contribution in [3.05, 3.63) is 28.2 Å². The van der Waals surface area contributed by atoms with E-state index in [1.54, 1.807) is 6.07 Å². The molecule has 18 heavy (non-hydrogen) atoms. The summed E-state index contributed by atoms with van der Waals surface area (Å²) in [7, 11) is 0. The Kier molecular flexibility index (Phi) is 4.69. The van der Waals surface area contributed by atoms with Crippen molar-refractivity contribution in [1.29, 1.82) is 0 Å². The molecule has 0 aliphatic carbocycles. The molecule has 7 heteroatoms. The zero-order chi connectivity index (χ0) is 13.9. The number of aliphatic hydroxyl groups is 1. The standard InChI is InChI=1S/C11H13BrN2O4/c1-5(15)9(11(17)18)14-10(16)6-2-3-7(12)8(13)4-6/h2-5,9,15H,13H2,1H3,(H,14,16)(H,17,18). The highest BCUT2D eigenvalue weighted by Crippen LogP contribution is 2.20. The van der Waals surface area contributed by atoms with Crippen LogP contribution in [0.4, 0.5) is 5.69 Å². The Bertz CT molecular complexity index is 476. The van der Waals surface area contributed by atoms with Crippen molar-refractivity contribution in [2.24, 2.45) is 0 Å². The first kappa shape index (κ1) is 14.5. The third-order valence-corrected chi connectivity index (χ3v) is 3.02. The van der Waals surface area contributed by atoms with E-state index in [1.165, 1.54) is 19.1 Å². The first-order chi connectivity index (χ1) is 8.32. The van der Waals surface area contributed by atoms with E-state index in [-0.39, 0.29) is 5.56 Å². The molecule has 1 aromatic rings. The molecular weight excluding hydrogens is 304 g/mol. The molecule has 1 amide bonds. The fourth-order valence-corrected chi connectivity index (χ4v) is 1.54. The fraction of sp³-hybridized carbons (Fsp3) is 0.273. The number of nitrogen functional groups attached to an aromatic ring is 1. The van der Waals surface area contributed by atoms with Crippen LogP contribution in [-0.4, -0.2) is 34.2 Å². The normalized spacial score (nSPS) is 13.7. The molecule has 98 valence electrons. The van der Waals surface area contributed by atoms with Gasteiger partial charge in [0.25, 0.3) is 5.91 Å². The Morgan fingerprint density at radius 3 is 2.50 bits per heavy atom. The smallest absolute Gasteiger partial charge is 0.328 e. The van der Waals surface area contributed by atoms with Gasteiger partial charge >= 0.3 is 5.97 Å². The summed E-state index contributed by atoms with van der Waals surface area (Å²) in [6, 6.07) is 3.14. The highest BCUT2D eigenvalue weighted by Gasteiger charge is 2.25. The molecule has 0 aliphatic heterocycles. The molecule has 2 atom stereocenters. The number of hydrogen-bond donors (Lipinski definition) is 4. The molecule has 0 spiro atoms. The number of anilines is 1. The second kappa shape index (κ2) is 5.83. The predicted octanol–water partition coefficient (Wildman–Crippen LogP) is 0.595. The van der Waals surface area contributed by atoms with Crippen molar-refractivity contribution >= 4 is 33.5 Å². The zero-order valence-electron chi connectivity index (χ0n) is 9.55. The highest BCUT2D eigenvalue weighted by molar-refractivity contribution is 9.10. The summed E-state index contributed by atoms with van der Waals surface area (Å²) < 4.78 is 0.643. The van der Waals surface area contributed by atoms with Crippen LogP contribution in [0.25, 0.3) is 0 Å². The Labute approximate surface area is 112 Å². The molecule has 0 bridgehead atoms.